The Bertz CT molecular complexity index is 800. The summed E-state index contributed by atoms with van der Waals surface area (Å²) in [6, 6.07) is 7.94. The van der Waals surface area contributed by atoms with Gasteiger partial charge in [-0.3, -0.25) is 9.59 Å². The monoisotopic (exact) mass is 373 g/mol. The van der Waals surface area contributed by atoms with Crippen molar-refractivity contribution in [2.75, 3.05) is 13.2 Å². The molecule has 1 aromatic heterocycles. The lowest BCUT2D eigenvalue weighted by molar-refractivity contribution is -0.0135. The largest absolute Gasteiger partial charge is 0.486 e. The van der Waals surface area contributed by atoms with Gasteiger partial charge < -0.3 is 25.0 Å². The lowest BCUT2D eigenvalue weighted by atomic mass is 10.1. The number of nitrogens with zero attached hydrogens (tertiary/aromatic N) is 1. The molecule has 3 N–H and O–H groups in total. The van der Waals surface area contributed by atoms with E-state index < -0.39 is 5.91 Å². The van der Waals surface area contributed by atoms with Gasteiger partial charge in [-0.1, -0.05) is 19.0 Å². The molecule has 8 heteroatoms. The molecule has 2 atom stereocenters. The fourth-order valence-corrected chi connectivity index (χ4v) is 2.78. The Morgan fingerprint density at radius 3 is 2.67 bits per heavy atom. The highest BCUT2D eigenvalue weighted by atomic mass is 16.5. The standard InChI is InChI=1S/C19H23N3O5/c1-11(2)16-9-15(22-27-16)19(24)21-14-7-8-25-10-17(14)26-13-5-3-12(4-6-13)18(20)23/h3-6,9,11,14,17H,7-8,10H2,1-2H3,(H2,20,23)(H,21,24)/t14-,17-/m1/s1. The summed E-state index contributed by atoms with van der Waals surface area (Å²) in [4.78, 5) is 23.6. The molecule has 0 radical (unpaired) electrons. The summed E-state index contributed by atoms with van der Waals surface area (Å²) in [5, 5.41) is 6.78. The van der Waals surface area contributed by atoms with E-state index in [0.29, 0.717) is 36.7 Å². The van der Waals surface area contributed by atoms with Gasteiger partial charge in [0.15, 0.2) is 5.69 Å². The molecule has 0 aliphatic carbocycles. The number of nitrogens with two attached hydrogens (primary N) is 1. The van der Waals surface area contributed by atoms with Crippen molar-refractivity contribution in [3.63, 3.8) is 0 Å². The summed E-state index contributed by atoms with van der Waals surface area (Å²) in [5.41, 5.74) is 5.89. The highest BCUT2D eigenvalue weighted by Gasteiger charge is 2.30. The molecule has 0 saturated carbocycles. The summed E-state index contributed by atoms with van der Waals surface area (Å²) in [6.07, 6.45) is 0.253. The number of rotatable bonds is 6. The molecule has 3 rings (SSSR count). The molecule has 2 aromatic rings. The topological polar surface area (TPSA) is 117 Å². The van der Waals surface area contributed by atoms with Crippen molar-refractivity contribution in [3.05, 3.63) is 47.3 Å². The summed E-state index contributed by atoms with van der Waals surface area (Å²) in [5.74, 6) is 0.575. The van der Waals surface area contributed by atoms with Crippen LogP contribution in [0, 0.1) is 0 Å². The molecule has 1 aliphatic rings. The van der Waals surface area contributed by atoms with Crippen LogP contribution in [-0.4, -0.2) is 42.3 Å². The van der Waals surface area contributed by atoms with E-state index in [1.807, 2.05) is 13.8 Å². The van der Waals surface area contributed by atoms with Crippen LogP contribution in [0.15, 0.2) is 34.9 Å². The predicted molar refractivity (Wildman–Crippen MR) is 96.7 cm³/mol. The molecule has 2 amide bonds. The second kappa shape index (κ2) is 8.22. The molecule has 0 bridgehead atoms. The Balaban J connectivity index is 1.65. The predicted octanol–water partition coefficient (Wildman–Crippen LogP) is 1.86. The summed E-state index contributed by atoms with van der Waals surface area (Å²) >= 11 is 0. The van der Waals surface area contributed by atoms with Crippen LogP contribution in [0.3, 0.4) is 0 Å². The van der Waals surface area contributed by atoms with Gasteiger partial charge in [0, 0.05) is 24.2 Å². The van der Waals surface area contributed by atoms with Crippen molar-refractivity contribution in [1.29, 1.82) is 0 Å². The minimum Gasteiger partial charge on any atom is -0.486 e. The van der Waals surface area contributed by atoms with Crippen LogP contribution in [0.2, 0.25) is 0 Å². The maximum atomic E-state index is 12.5. The van der Waals surface area contributed by atoms with Gasteiger partial charge in [0.05, 0.1) is 12.6 Å². The summed E-state index contributed by atoms with van der Waals surface area (Å²) in [6.45, 7) is 4.81. The maximum absolute atomic E-state index is 12.5. The fraction of sp³-hybridized carbons (Fsp3) is 0.421. The van der Waals surface area contributed by atoms with E-state index in [2.05, 4.69) is 10.5 Å². The average Bonchev–Trinajstić information content (AvgIpc) is 3.14. The van der Waals surface area contributed by atoms with Crippen molar-refractivity contribution in [2.24, 2.45) is 5.73 Å². The molecule has 144 valence electrons. The van der Waals surface area contributed by atoms with Crippen molar-refractivity contribution < 1.29 is 23.6 Å². The van der Waals surface area contributed by atoms with Crippen molar-refractivity contribution in [2.45, 2.75) is 38.3 Å². The molecule has 2 heterocycles. The Kier molecular flexibility index (Phi) is 5.75. The quantitative estimate of drug-likeness (QED) is 0.798. The molecule has 1 aromatic carbocycles. The molecular weight excluding hydrogens is 350 g/mol. The maximum Gasteiger partial charge on any atom is 0.273 e. The fourth-order valence-electron chi connectivity index (χ4n) is 2.78. The second-order valence-corrected chi connectivity index (χ2v) is 6.76. The number of hydrogen-bond donors (Lipinski definition) is 2. The van der Waals surface area contributed by atoms with E-state index in [0.717, 1.165) is 0 Å². The SMILES string of the molecule is CC(C)c1cc(C(=O)N[C@@H]2CCOC[C@H]2Oc2ccc(C(N)=O)cc2)no1. The number of ether oxygens (including phenoxy) is 2. The van der Waals surface area contributed by atoms with Gasteiger partial charge in [-0.15, -0.1) is 0 Å². The lowest BCUT2D eigenvalue weighted by Crippen LogP contribution is -2.51. The van der Waals surface area contributed by atoms with E-state index >= 15 is 0 Å². The number of amides is 2. The zero-order valence-electron chi connectivity index (χ0n) is 15.3. The third kappa shape index (κ3) is 4.65. The Morgan fingerprint density at radius 1 is 1.30 bits per heavy atom. The second-order valence-electron chi connectivity index (χ2n) is 6.76. The number of hydrogen-bond acceptors (Lipinski definition) is 6. The average molecular weight is 373 g/mol. The first-order valence-electron chi connectivity index (χ1n) is 8.86. The molecule has 27 heavy (non-hydrogen) atoms. The van der Waals surface area contributed by atoms with Crippen LogP contribution in [0.4, 0.5) is 0 Å². The molecule has 1 fully saturated rings. The Hall–Kier alpha value is -2.87. The zero-order chi connectivity index (χ0) is 19.4. The van der Waals surface area contributed by atoms with Gasteiger partial charge in [0.1, 0.15) is 17.6 Å². The van der Waals surface area contributed by atoms with Crippen molar-refractivity contribution >= 4 is 11.8 Å². The van der Waals surface area contributed by atoms with Gasteiger partial charge in [-0.05, 0) is 30.7 Å². The van der Waals surface area contributed by atoms with Crippen molar-refractivity contribution in [1.82, 2.24) is 10.5 Å². The Labute approximate surface area is 157 Å². The number of nitrogens with one attached hydrogen (secondary N) is 1. The van der Waals surface area contributed by atoms with Crippen LogP contribution in [-0.2, 0) is 4.74 Å². The van der Waals surface area contributed by atoms with Crippen LogP contribution in [0.5, 0.6) is 5.75 Å². The normalized spacial score (nSPS) is 19.7. The first-order valence-corrected chi connectivity index (χ1v) is 8.86. The third-order valence-corrected chi connectivity index (χ3v) is 4.38. The molecule has 0 spiro atoms. The van der Waals surface area contributed by atoms with Crippen LogP contribution in [0.25, 0.3) is 0 Å². The van der Waals surface area contributed by atoms with Crippen molar-refractivity contribution in [3.8, 4) is 5.75 Å². The van der Waals surface area contributed by atoms with E-state index in [-0.39, 0.29) is 29.7 Å². The van der Waals surface area contributed by atoms with E-state index in [1.165, 1.54) is 0 Å². The molecule has 8 nitrogen and oxygen atoms in total. The number of carbonyl (C=O) groups is 2. The summed E-state index contributed by atoms with van der Waals surface area (Å²) in [7, 11) is 0. The number of aromatic nitrogens is 1. The van der Waals surface area contributed by atoms with Gasteiger partial charge in [-0.2, -0.15) is 0 Å². The van der Waals surface area contributed by atoms with E-state index in [1.54, 1.807) is 30.3 Å². The van der Waals surface area contributed by atoms with Gasteiger partial charge in [0.2, 0.25) is 5.91 Å². The highest BCUT2D eigenvalue weighted by molar-refractivity contribution is 5.93. The first-order chi connectivity index (χ1) is 12.9. The minimum absolute atomic E-state index is 0.154. The zero-order valence-corrected chi connectivity index (χ0v) is 15.3. The first kappa shape index (κ1) is 18.9. The van der Waals surface area contributed by atoms with Gasteiger partial charge in [-0.25, -0.2) is 0 Å². The number of benzene rings is 1. The van der Waals surface area contributed by atoms with Crippen LogP contribution in [0.1, 0.15) is 52.8 Å². The molecular formula is C19H23N3O5. The lowest BCUT2D eigenvalue weighted by Gasteiger charge is -2.32. The summed E-state index contributed by atoms with van der Waals surface area (Å²) < 4.78 is 16.6. The number of carbonyl (C=O) groups excluding carboxylic acids is 2. The van der Waals surface area contributed by atoms with Crippen LogP contribution < -0.4 is 15.8 Å². The van der Waals surface area contributed by atoms with Gasteiger partial charge >= 0.3 is 0 Å². The highest BCUT2D eigenvalue weighted by Crippen LogP contribution is 2.20. The van der Waals surface area contributed by atoms with Gasteiger partial charge in [0.25, 0.3) is 5.91 Å². The van der Waals surface area contributed by atoms with Crippen LogP contribution >= 0.6 is 0 Å². The number of primary amides is 1. The molecule has 1 saturated heterocycles. The minimum atomic E-state index is -0.499. The third-order valence-electron chi connectivity index (χ3n) is 4.38. The molecule has 1 aliphatic heterocycles. The smallest absolute Gasteiger partial charge is 0.273 e. The van der Waals surface area contributed by atoms with E-state index in [4.69, 9.17) is 19.7 Å². The molecule has 0 unspecified atom stereocenters. The van der Waals surface area contributed by atoms with E-state index in [9.17, 15) is 9.59 Å². The Morgan fingerprint density at radius 2 is 2.04 bits per heavy atom.